The molecule has 1 aromatic heterocycles. The van der Waals surface area contributed by atoms with Gasteiger partial charge in [-0.25, -0.2) is 13.8 Å². The van der Waals surface area contributed by atoms with Crippen LogP contribution in [0.2, 0.25) is 0 Å². The number of alkyl halides is 5. The number of rotatable bonds is 3. The van der Waals surface area contributed by atoms with Crippen molar-refractivity contribution in [1.82, 2.24) is 4.98 Å². The van der Waals surface area contributed by atoms with Crippen LogP contribution in [0.3, 0.4) is 0 Å². The van der Waals surface area contributed by atoms with Gasteiger partial charge in [-0.1, -0.05) is 0 Å². The fourth-order valence-corrected chi connectivity index (χ4v) is 1.54. The number of esters is 1. The van der Waals surface area contributed by atoms with Crippen LogP contribution < -0.4 is 0 Å². The summed E-state index contributed by atoms with van der Waals surface area (Å²) in [6, 6.07) is 1.28. The summed E-state index contributed by atoms with van der Waals surface area (Å²) in [5, 5.41) is 8.63. The minimum Gasteiger partial charge on any atom is -0.469 e. The average molecular weight is 294 g/mol. The highest BCUT2D eigenvalue weighted by atomic mass is 19.4. The van der Waals surface area contributed by atoms with E-state index in [0.29, 0.717) is 0 Å². The summed E-state index contributed by atoms with van der Waals surface area (Å²) in [6.45, 7) is 0. The molecule has 9 heteroatoms. The molecule has 0 bridgehead atoms. The Morgan fingerprint density at radius 1 is 1.50 bits per heavy atom. The Balaban J connectivity index is 3.60. The molecule has 108 valence electrons. The molecule has 0 saturated carbocycles. The molecule has 0 aromatic carbocycles. The number of hydrogen-bond acceptors (Lipinski definition) is 4. The van der Waals surface area contributed by atoms with Crippen LogP contribution in [0.15, 0.2) is 6.20 Å². The maximum Gasteiger partial charge on any atom is 0.418 e. The lowest BCUT2D eigenvalue weighted by molar-refractivity contribution is -0.141. The third kappa shape index (κ3) is 3.20. The van der Waals surface area contributed by atoms with E-state index in [9.17, 15) is 26.7 Å². The monoisotopic (exact) mass is 294 g/mol. The first-order valence-corrected chi connectivity index (χ1v) is 5.06. The van der Waals surface area contributed by atoms with Gasteiger partial charge in [0.05, 0.1) is 24.7 Å². The summed E-state index contributed by atoms with van der Waals surface area (Å²) in [5.41, 5.74) is -4.54. The highest BCUT2D eigenvalue weighted by Crippen LogP contribution is 2.37. The molecule has 1 aromatic rings. The van der Waals surface area contributed by atoms with E-state index in [1.165, 1.54) is 6.07 Å². The summed E-state index contributed by atoms with van der Waals surface area (Å²) < 4.78 is 68.2. The van der Waals surface area contributed by atoms with Gasteiger partial charge in [-0.2, -0.15) is 18.4 Å². The molecule has 0 aliphatic heterocycles. The van der Waals surface area contributed by atoms with E-state index in [-0.39, 0.29) is 6.20 Å². The maximum absolute atomic E-state index is 12.9. The van der Waals surface area contributed by atoms with Crippen molar-refractivity contribution in [2.24, 2.45) is 0 Å². The number of methoxy groups -OCH3 is 1. The van der Waals surface area contributed by atoms with Crippen molar-refractivity contribution in [3.05, 3.63) is 28.6 Å². The van der Waals surface area contributed by atoms with Crippen molar-refractivity contribution in [2.75, 3.05) is 7.11 Å². The molecular formula is C11H7F5N2O2. The summed E-state index contributed by atoms with van der Waals surface area (Å²) in [6.07, 6.45) is -9.13. The van der Waals surface area contributed by atoms with Crippen molar-refractivity contribution in [3.63, 3.8) is 0 Å². The van der Waals surface area contributed by atoms with E-state index >= 15 is 0 Å². The molecule has 0 radical (unpaired) electrons. The van der Waals surface area contributed by atoms with Gasteiger partial charge >= 0.3 is 12.1 Å². The third-order valence-corrected chi connectivity index (χ3v) is 2.41. The van der Waals surface area contributed by atoms with Crippen LogP contribution in [0.4, 0.5) is 22.0 Å². The zero-order valence-electron chi connectivity index (χ0n) is 9.96. The average Bonchev–Trinajstić information content (AvgIpc) is 2.35. The van der Waals surface area contributed by atoms with Gasteiger partial charge in [-0.15, -0.1) is 0 Å². The highest BCUT2D eigenvalue weighted by Gasteiger charge is 2.38. The van der Waals surface area contributed by atoms with Crippen molar-refractivity contribution in [3.8, 4) is 6.07 Å². The first-order chi connectivity index (χ1) is 9.22. The van der Waals surface area contributed by atoms with Crippen LogP contribution in [-0.2, 0) is 22.1 Å². The van der Waals surface area contributed by atoms with E-state index in [1.807, 2.05) is 0 Å². The molecule has 4 nitrogen and oxygen atoms in total. The minimum atomic E-state index is -4.98. The van der Waals surface area contributed by atoms with Gasteiger partial charge in [-0.3, -0.25) is 4.79 Å². The first-order valence-electron chi connectivity index (χ1n) is 5.06. The van der Waals surface area contributed by atoms with Crippen LogP contribution in [0.1, 0.15) is 28.8 Å². The lowest BCUT2D eigenvalue weighted by atomic mass is 9.98. The maximum atomic E-state index is 12.9. The topological polar surface area (TPSA) is 63.0 Å². The van der Waals surface area contributed by atoms with Crippen molar-refractivity contribution >= 4 is 5.97 Å². The van der Waals surface area contributed by atoms with Crippen molar-refractivity contribution in [2.45, 2.75) is 19.0 Å². The Kier molecular flexibility index (Phi) is 4.60. The smallest absolute Gasteiger partial charge is 0.418 e. The summed E-state index contributed by atoms with van der Waals surface area (Å²) in [4.78, 5) is 14.2. The van der Waals surface area contributed by atoms with Crippen LogP contribution >= 0.6 is 0 Å². The summed E-state index contributed by atoms with van der Waals surface area (Å²) >= 11 is 0. The lowest BCUT2D eigenvalue weighted by Crippen LogP contribution is -2.18. The van der Waals surface area contributed by atoms with Crippen LogP contribution in [-0.4, -0.2) is 18.1 Å². The number of carbonyl (C=O) groups excluding carboxylic acids is 1. The van der Waals surface area contributed by atoms with E-state index < -0.39 is 47.4 Å². The number of nitrogens with zero attached hydrogens (tertiary/aromatic N) is 2. The van der Waals surface area contributed by atoms with E-state index in [2.05, 4.69) is 9.72 Å². The number of aromatic nitrogens is 1. The Morgan fingerprint density at radius 3 is 2.50 bits per heavy atom. The van der Waals surface area contributed by atoms with Crippen LogP contribution in [0, 0.1) is 11.3 Å². The van der Waals surface area contributed by atoms with Gasteiger partial charge in [0, 0.05) is 6.20 Å². The summed E-state index contributed by atoms with van der Waals surface area (Å²) in [5.74, 6) is -1.13. The second-order valence-electron chi connectivity index (χ2n) is 3.58. The molecule has 1 rings (SSSR count). The standard InChI is InChI=1S/C11H7F5N2O2/c1-20-8(19)2-5-6(11(14,15)16)4-18-7(3-17)9(5)10(12)13/h4,10H,2H2,1H3. The molecule has 0 saturated heterocycles. The number of pyridine rings is 1. The first kappa shape index (κ1) is 15.8. The molecule has 0 aliphatic rings. The fraction of sp³-hybridized carbons (Fsp3) is 0.364. The number of carbonyl (C=O) groups is 1. The van der Waals surface area contributed by atoms with Gasteiger partial charge in [0.15, 0.2) is 0 Å². The molecule has 0 spiro atoms. The number of ether oxygens (including phenoxy) is 1. The number of hydrogen-bond donors (Lipinski definition) is 0. The van der Waals surface area contributed by atoms with Crippen molar-refractivity contribution < 1.29 is 31.5 Å². The van der Waals surface area contributed by atoms with Crippen LogP contribution in [0.25, 0.3) is 0 Å². The van der Waals surface area contributed by atoms with E-state index in [0.717, 1.165) is 7.11 Å². The Morgan fingerprint density at radius 2 is 2.10 bits per heavy atom. The fourth-order valence-electron chi connectivity index (χ4n) is 1.54. The Labute approximate surface area is 109 Å². The molecule has 0 amide bonds. The Bertz CT molecular complexity index is 563. The molecular weight excluding hydrogens is 287 g/mol. The predicted molar refractivity (Wildman–Crippen MR) is 54.6 cm³/mol. The second-order valence-corrected chi connectivity index (χ2v) is 3.58. The predicted octanol–water partition coefficient (Wildman–Crippen LogP) is 2.63. The van der Waals surface area contributed by atoms with Gasteiger partial charge in [0.1, 0.15) is 11.8 Å². The molecule has 1 heterocycles. The molecule has 0 N–H and O–H groups in total. The molecule has 0 aliphatic carbocycles. The molecule has 0 unspecified atom stereocenters. The van der Waals surface area contributed by atoms with Gasteiger partial charge < -0.3 is 4.74 Å². The molecule has 20 heavy (non-hydrogen) atoms. The zero-order chi connectivity index (χ0) is 15.5. The largest absolute Gasteiger partial charge is 0.469 e. The SMILES string of the molecule is COC(=O)Cc1c(C(F)(F)F)cnc(C#N)c1C(F)F. The third-order valence-electron chi connectivity index (χ3n) is 2.41. The summed E-state index contributed by atoms with van der Waals surface area (Å²) in [7, 11) is 0.907. The van der Waals surface area contributed by atoms with E-state index in [1.54, 1.807) is 0 Å². The quantitative estimate of drug-likeness (QED) is 0.635. The minimum absolute atomic E-state index is 0.253. The van der Waals surface area contributed by atoms with Gasteiger partial charge in [-0.05, 0) is 5.56 Å². The number of halogens is 5. The second kappa shape index (κ2) is 5.81. The van der Waals surface area contributed by atoms with Gasteiger partial charge in [0.2, 0.25) is 0 Å². The lowest BCUT2D eigenvalue weighted by Gasteiger charge is -2.16. The normalized spacial score (nSPS) is 11.3. The van der Waals surface area contributed by atoms with E-state index in [4.69, 9.17) is 5.26 Å². The van der Waals surface area contributed by atoms with Crippen LogP contribution in [0.5, 0.6) is 0 Å². The number of nitriles is 1. The Hall–Kier alpha value is -2.24. The van der Waals surface area contributed by atoms with Gasteiger partial charge in [0.25, 0.3) is 6.43 Å². The molecule has 0 atom stereocenters. The highest BCUT2D eigenvalue weighted by molar-refractivity contribution is 5.74. The molecule has 0 fully saturated rings. The van der Waals surface area contributed by atoms with Crippen molar-refractivity contribution in [1.29, 1.82) is 5.26 Å². The zero-order valence-corrected chi connectivity index (χ0v) is 9.96.